The van der Waals surface area contributed by atoms with Crippen molar-refractivity contribution in [2.75, 3.05) is 19.7 Å². The second-order valence-corrected chi connectivity index (χ2v) is 15.2. The molecule has 1 unspecified atom stereocenters. The van der Waals surface area contributed by atoms with Gasteiger partial charge < -0.3 is 15.0 Å². The molecule has 0 saturated carbocycles. The van der Waals surface area contributed by atoms with Crippen LogP contribution in [0, 0.1) is 16.2 Å². The predicted octanol–water partition coefficient (Wildman–Crippen LogP) is 6.53. The van der Waals surface area contributed by atoms with Crippen LogP contribution in [0.15, 0.2) is 55.1 Å². The second kappa shape index (κ2) is 12.6. The molecule has 3 N–H and O–H groups in total. The Bertz CT molecular complexity index is 1860. The third-order valence-electron chi connectivity index (χ3n) is 9.46. The molecule has 2 fully saturated rings. The van der Waals surface area contributed by atoms with Crippen molar-refractivity contribution < 1.29 is 27.5 Å². The molecule has 2 aromatic heterocycles. The van der Waals surface area contributed by atoms with E-state index in [1.54, 1.807) is 24.3 Å². The second-order valence-electron chi connectivity index (χ2n) is 14.8. The maximum atomic E-state index is 15.1. The molecule has 1 aromatic carbocycles. The molecule has 0 bridgehead atoms. The van der Waals surface area contributed by atoms with Gasteiger partial charge in [0.1, 0.15) is 24.1 Å². The minimum atomic E-state index is -2.77. The molecule has 2 aliphatic heterocycles. The number of hydrogen-bond acceptors (Lipinski definition) is 7. The Balaban J connectivity index is 1.37. The van der Waals surface area contributed by atoms with Gasteiger partial charge in [0.2, 0.25) is 0 Å². The summed E-state index contributed by atoms with van der Waals surface area (Å²) in [5, 5.41) is 23.3. The summed E-state index contributed by atoms with van der Waals surface area (Å²) in [5.41, 5.74) is -1.98. The molecule has 2 saturated heterocycles. The summed E-state index contributed by atoms with van der Waals surface area (Å²) in [7, 11) is 0. The van der Waals surface area contributed by atoms with Crippen LogP contribution in [0.2, 0.25) is 5.02 Å². The lowest BCUT2D eigenvalue weighted by atomic mass is 9.61. The van der Waals surface area contributed by atoms with Gasteiger partial charge in [-0.2, -0.15) is 19.0 Å². The molecule has 266 valence electrons. The number of aromatic nitrogens is 5. The third kappa shape index (κ3) is 6.50. The highest BCUT2D eigenvalue weighted by Gasteiger charge is 2.61. The van der Waals surface area contributed by atoms with Crippen LogP contribution in [0.25, 0.3) is 17.0 Å². The number of carbonyl (C=O) groups excluding carboxylic acids is 2. The van der Waals surface area contributed by atoms with Crippen LogP contribution in [0.5, 0.6) is 0 Å². The van der Waals surface area contributed by atoms with Crippen LogP contribution < -0.4 is 5.32 Å². The summed E-state index contributed by atoms with van der Waals surface area (Å²) in [6.07, 6.45) is 9.42. The number of carbonyl (C=O) groups is 2. The number of H-pyrrole nitrogens is 1. The molecule has 4 heterocycles. The zero-order valence-electron chi connectivity index (χ0n) is 28.3. The molecule has 3 atom stereocenters. The van der Waals surface area contributed by atoms with E-state index in [9.17, 15) is 23.4 Å². The first-order valence-corrected chi connectivity index (χ1v) is 16.5. The Kier molecular flexibility index (Phi) is 8.86. The monoisotopic (exact) mass is 713 g/mol. The predicted molar refractivity (Wildman–Crippen MR) is 180 cm³/mol. The number of aromatic amines is 1. The fourth-order valence-corrected chi connectivity index (χ4v) is 7.19. The molecule has 16 heteroatoms. The van der Waals surface area contributed by atoms with E-state index in [0.29, 0.717) is 50.6 Å². The van der Waals surface area contributed by atoms with Crippen molar-refractivity contribution >= 4 is 35.1 Å². The molecule has 6 rings (SSSR count). The number of nitrogens with one attached hydrogen (secondary N) is 3. The quantitative estimate of drug-likeness (QED) is 0.229. The number of halogens is 4. The summed E-state index contributed by atoms with van der Waals surface area (Å²) >= 11 is 6.54. The first-order valence-electron chi connectivity index (χ1n) is 16.1. The van der Waals surface area contributed by atoms with Crippen molar-refractivity contribution in [2.24, 2.45) is 10.8 Å². The molecule has 1 aliphatic carbocycles. The van der Waals surface area contributed by atoms with E-state index >= 15 is 4.79 Å². The summed E-state index contributed by atoms with van der Waals surface area (Å²) in [5.74, 6) is -0.233. The number of amides is 2. The average Bonchev–Trinajstić information content (AvgIpc) is 3.78. The lowest BCUT2D eigenvalue weighted by molar-refractivity contribution is -0.138. The highest BCUT2D eigenvalue weighted by Crippen LogP contribution is 2.50. The lowest BCUT2D eigenvalue weighted by Gasteiger charge is -2.47. The lowest BCUT2D eigenvalue weighted by Crippen LogP contribution is -2.60. The van der Waals surface area contributed by atoms with Crippen molar-refractivity contribution in [3.8, 4) is 11.4 Å². The SMILES string of the molecule is CC(C)(C)C[C@]1(C2(C)C=CC(c3cnn(C(F)F)c3)=CC2)NC(=N)N([C@H](COC(=O)N2CC(C)(F)C2)c2ccc(Cl)c(-c3ncn[nH]3)c2)C1=O. The highest BCUT2D eigenvalue weighted by molar-refractivity contribution is 6.33. The van der Waals surface area contributed by atoms with Gasteiger partial charge in [-0.25, -0.2) is 18.9 Å². The molecule has 50 heavy (non-hydrogen) atoms. The minimum absolute atomic E-state index is 0.120. The van der Waals surface area contributed by atoms with E-state index < -0.39 is 46.6 Å². The number of alkyl halides is 3. The molecular weight excluding hydrogens is 675 g/mol. The first kappa shape index (κ1) is 35.2. The van der Waals surface area contributed by atoms with E-state index in [1.165, 1.54) is 35.4 Å². The zero-order chi connectivity index (χ0) is 36.2. The van der Waals surface area contributed by atoms with E-state index in [1.807, 2.05) is 39.8 Å². The summed E-state index contributed by atoms with van der Waals surface area (Å²) in [6.45, 7) is 5.96. The maximum absolute atomic E-state index is 15.1. The van der Waals surface area contributed by atoms with Crippen LogP contribution in [-0.4, -0.2) is 83.6 Å². The van der Waals surface area contributed by atoms with Crippen LogP contribution in [0.1, 0.15) is 71.2 Å². The Morgan fingerprint density at radius 2 is 1.96 bits per heavy atom. The van der Waals surface area contributed by atoms with Gasteiger partial charge in [-0.3, -0.25) is 20.2 Å². The molecular formula is C34H39ClF3N9O3. The topological polar surface area (TPSA) is 145 Å². The van der Waals surface area contributed by atoms with Crippen LogP contribution >= 0.6 is 11.6 Å². The highest BCUT2D eigenvalue weighted by atomic mass is 35.5. The van der Waals surface area contributed by atoms with Gasteiger partial charge in [0.15, 0.2) is 11.8 Å². The van der Waals surface area contributed by atoms with Crippen molar-refractivity contribution in [1.29, 1.82) is 5.41 Å². The van der Waals surface area contributed by atoms with Crippen molar-refractivity contribution in [3.63, 3.8) is 0 Å². The number of guanidine groups is 1. The normalized spacial score (nSPS) is 23.9. The molecule has 2 amide bonds. The van der Waals surface area contributed by atoms with Gasteiger partial charge in [-0.05, 0) is 48.4 Å². The molecule has 12 nitrogen and oxygen atoms in total. The number of rotatable bonds is 9. The van der Waals surface area contributed by atoms with E-state index in [-0.39, 0.29) is 25.7 Å². The van der Waals surface area contributed by atoms with Gasteiger partial charge in [0.05, 0.1) is 30.4 Å². The Morgan fingerprint density at radius 3 is 2.54 bits per heavy atom. The number of hydrogen-bond donors (Lipinski definition) is 3. The van der Waals surface area contributed by atoms with Gasteiger partial charge >= 0.3 is 12.6 Å². The first-order chi connectivity index (χ1) is 23.4. The number of benzene rings is 1. The number of allylic oxidation sites excluding steroid dienone is 3. The molecule has 0 radical (unpaired) electrons. The van der Waals surface area contributed by atoms with Crippen LogP contribution in [0.4, 0.5) is 18.0 Å². The summed E-state index contributed by atoms with van der Waals surface area (Å²) in [4.78, 5) is 34.8. The van der Waals surface area contributed by atoms with Crippen molar-refractivity contribution in [3.05, 3.63) is 71.3 Å². The van der Waals surface area contributed by atoms with Crippen molar-refractivity contribution in [2.45, 2.75) is 71.3 Å². The Labute approximate surface area is 292 Å². The molecule has 3 aliphatic rings. The smallest absolute Gasteiger partial charge is 0.410 e. The van der Waals surface area contributed by atoms with Crippen molar-refractivity contribution in [1.82, 2.24) is 40.1 Å². The van der Waals surface area contributed by atoms with Crippen LogP contribution in [0.3, 0.4) is 0 Å². The van der Waals surface area contributed by atoms with E-state index in [4.69, 9.17) is 16.3 Å². The minimum Gasteiger partial charge on any atom is -0.447 e. The molecule has 0 spiro atoms. The Morgan fingerprint density at radius 1 is 1.22 bits per heavy atom. The fourth-order valence-electron chi connectivity index (χ4n) is 6.99. The van der Waals surface area contributed by atoms with Gasteiger partial charge in [-0.15, -0.1) is 0 Å². The largest absolute Gasteiger partial charge is 0.447 e. The summed E-state index contributed by atoms with van der Waals surface area (Å²) in [6, 6.07) is 4.02. The van der Waals surface area contributed by atoms with Crippen LogP contribution in [-0.2, 0) is 9.53 Å². The summed E-state index contributed by atoms with van der Waals surface area (Å²) < 4.78 is 46.9. The number of ether oxygens (including phenoxy) is 1. The van der Waals surface area contributed by atoms with Gasteiger partial charge in [0.25, 0.3) is 5.91 Å². The van der Waals surface area contributed by atoms with E-state index in [2.05, 4.69) is 25.6 Å². The third-order valence-corrected chi connectivity index (χ3v) is 9.79. The standard InChI is InChI=1S/C34H39ClF3N9O3/c1-31(2,3)16-34(32(4)10-8-20(9-11-32)22-13-42-46(14-22)28(36)37)27(48)47(29(39)43-34)25(15-50-30(49)45-17-33(5,38)18-45)21-6-7-24(35)23(12-21)26-40-19-41-44-26/h6-10,12-14,19,25,28H,11,15-18H2,1-5H3,(H2,39,43)(H,40,41,44)/t25-,32?,34+/m1/s1. The number of nitrogens with zero attached hydrogens (tertiary/aromatic N) is 6. The van der Waals surface area contributed by atoms with Gasteiger partial charge in [-0.1, -0.05) is 63.6 Å². The Hall–Kier alpha value is -4.66. The van der Waals surface area contributed by atoms with E-state index in [0.717, 1.165) is 0 Å². The number of likely N-dealkylation sites (tertiary alicyclic amines) is 1. The zero-order valence-corrected chi connectivity index (χ0v) is 29.1. The average molecular weight is 714 g/mol. The molecule has 3 aromatic rings. The fraction of sp³-hybridized carbons (Fsp3) is 0.471. The maximum Gasteiger partial charge on any atom is 0.410 e. The van der Waals surface area contributed by atoms with Gasteiger partial charge in [0, 0.05) is 22.7 Å².